The second kappa shape index (κ2) is 3.98. The maximum Gasteiger partial charge on any atom is 0.151 e. The Hall–Kier alpha value is -1.07. The number of carbonyl (C=O) groups excluding carboxylic acids is 1. The minimum absolute atomic E-state index is 0.191. The topological polar surface area (TPSA) is 20.3 Å². The van der Waals surface area contributed by atoms with E-state index in [-0.39, 0.29) is 12.1 Å². The van der Waals surface area contributed by atoms with Gasteiger partial charge in [0.05, 0.1) is 6.04 Å². The Morgan fingerprint density at radius 1 is 1.50 bits per heavy atom. The number of hydrogen-bond acceptors (Lipinski definition) is 2. The monoisotopic (exact) mass is 189 g/mol. The third-order valence-corrected chi connectivity index (χ3v) is 3.17. The second-order valence-electron chi connectivity index (χ2n) is 4.01. The molecule has 2 aliphatic heterocycles. The van der Waals surface area contributed by atoms with Gasteiger partial charge in [0.25, 0.3) is 0 Å². The summed E-state index contributed by atoms with van der Waals surface area (Å²) in [6.45, 7) is 1.05. The highest BCUT2D eigenvalue weighted by Gasteiger charge is 2.39. The van der Waals surface area contributed by atoms with Gasteiger partial charge in [-0.25, -0.2) is 0 Å². The molecule has 2 fully saturated rings. The number of fused-ring (bicyclic) bond motifs is 1. The van der Waals surface area contributed by atoms with Crippen molar-refractivity contribution in [1.29, 1.82) is 0 Å². The van der Waals surface area contributed by atoms with E-state index < -0.39 is 0 Å². The molecule has 0 aromatic rings. The summed E-state index contributed by atoms with van der Waals surface area (Å²) in [5.74, 6) is 2.89. The lowest BCUT2D eigenvalue weighted by Gasteiger charge is -2.31. The van der Waals surface area contributed by atoms with Crippen molar-refractivity contribution in [2.75, 3.05) is 6.54 Å². The molecule has 0 amide bonds. The van der Waals surface area contributed by atoms with Crippen LogP contribution in [-0.2, 0) is 4.79 Å². The van der Waals surface area contributed by atoms with Crippen LogP contribution in [0.25, 0.3) is 0 Å². The zero-order valence-corrected chi connectivity index (χ0v) is 8.28. The summed E-state index contributed by atoms with van der Waals surface area (Å²) >= 11 is 0. The highest BCUT2D eigenvalue weighted by atomic mass is 16.1. The fourth-order valence-corrected chi connectivity index (χ4v) is 2.50. The highest BCUT2D eigenvalue weighted by Crippen LogP contribution is 2.29. The van der Waals surface area contributed by atoms with Gasteiger partial charge in [-0.3, -0.25) is 9.69 Å². The summed E-state index contributed by atoms with van der Waals surface area (Å²) in [6, 6.07) is 0.458. The smallest absolute Gasteiger partial charge is 0.151 e. The van der Waals surface area contributed by atoms with Gasteiger partial charge in [-0.05, 0) is 25.5 Å². The number of nitrogens with zero attached hydrogens (tertiary/aromatic N) is 1. The number of terminal acetylenes is 1. The lowest BCUT2D eigenvalue weighted by molar-refractivity contribution is -0.120. The third-order valence-electron chi connectivity index (χ3n) is 3.17. The molecular weight excluding hydrogens is 174 g/mol. The average Bonchev–Trinajstić information content (AvgIpc) is 2.54. The lowest BCUT2D eigenvalue weighted by atomic mass is 10.0. The standard InChI is InChI=1S/C12H15NO/c1-2-3-6-10-9-12(14)11-7-4-5-8-13(10)11/h1,3,6,10-11H,4-5,7-9H2/b6-3-/t10-,11+/m1/s1. The van der Waals surface area contributed by atoms with Crippen LogP contribution in [0.2, 0.25) is 0 Å². The van der Waals surface area contributed by atoms with Crippen LogP contribution in [0.3, 0.4) is 0 Å². The molecule has 2 atom stereocenters. The van der Waals surface area contributed by atoms with E-state index in [0.29, 0.717) is 12.2 Å². The Bertz CT molecular complexity index is 300. The lowest BCUT2D eigenvalue weighted by Crippen LogP contribution is -2.40. The number of hydrogen-bond donors (Lipinski definition) is 0. The second-order valence-corrected chi connectivity index (χ2v) is 4.01. The van der Waals surface area contributed by atoms with Crippen molar-refractivity contribution < 1.29 is 4.79 Å². The van der Waals surface area contributed by atoms with Crippen LogP contribution in [0.4, 0.5) is 0 Å². The van der Waals surface area contributed by atoms with Gasteiger partial charge in [-0.15, -0.1) is 6.42 Å². The number of piperidine rings is 1. The molecule has 0 N–H and O–H groups in total. The highest BCUT2D eigenvalue weighted by molar-refractivity contribution is 5.87. The Morgan fingerprint density at radius 2 is 2.36 bits per heavy atom. The van der Waals surface area contributed by atoms with Crippen LogP contribution in [0.15, 0.2) is 12.2 Å². The van der Waals surface area contributed by atoms with Crippen LogP contribution >= 0.6 is 0 Å². The summed E-state index contributed by atoms with van der Waals surface area (Å²) in [4.78, 5) is 14.0. The minimum Gasteiger partial charge on any atom is -0.298 e. The van der Waals surface area contributed by atoms with Crippen LogP contribution in [-0.4, -0.2) is 29.3 Å². The molecule has 2 nitrogen and oxygen atoms in total. The molecule has 0 aliphatic carbocycles. The number of rotatable bonds is 1. The number of Topliss-reactive ketones (excluding diaryl/α,β-unsaturated/α-hetero) is 1. The van der Waals surface area contributed by atoms with Crippen molar-refractivity contribution >= 4 is 5.78 Å². The Balaban J connectivity index is 2.10. The maximum atomic E-state index is 11.7. The summed E-state index contributed by atoms with van der Waals surface area (Å²) < 4.78 is 0. The molecule has 2 saturated heterocycles. The first-order valence-electron chi connectivity index (χ1n) is 5.24. The van der Waals surface area contributed by atoms with Crippen LogP contribution in [0, 0.1) is 12.3 Å². The first kappa shape index (κ1) is 9.48. The molecule has 2 heteroatoms. The van der Waals surface area contributed by atoms with Crippen molar-refractivity contribution in [2.24, 2.45) is 0 Å². The van der Waals surface area contributed by atoms with Gasteiger partial charge in [-0.1, -0.05) is 18.4 Å². The molecule has 0 bridgehead atoms. The van der Waals surface area contributed by atoms with E-state index in [1.807, 2.05) is 6.08 Å². The van der Waals surface area contributed by atoms with Gasteiger partial charge in [0.1, 0.15) is 0 Å². The van der Waals surface area contributed by atoms with E-state index in [0.717, 1.165) is 13.0 Å². The van der Waals surface area contributed by atoms with Crippen molar-refractivity contribution in [2.45, 2.75) is 37.8 Å². The maximum absolute atomic E-state index is 11.7. The Kier molecular flexibility index (Phi) is 2.69. The van der Waals surface area contributed by atoms with E-state index in [4.69, 9.17) is 6.42 Å². The van der Waals surface area contributed by atoms with Gasteiger partial charge in [0.2, 0.25) is 0 Å². The molecule has 0 aromatic heterocycles. The molecule has 0 spiro atoms. The van der Waals surface area contributed by atoms with Gasteiger partial charge in [0, 0.05) is 12.5 Å². The summed E-state index contributed by atoms with van der Waals surface area (Å²) in [7, 11) is 0. The minimum atomic E-state index is 0.191. The van der Waals surface area contributed by atoms with Crippen LogP contribution < -0.4 is 0 Å². The summed E-state index contributed by atoms with van der Waals surface area (Å²) in [5.41, 5.74) is 0. The predicted molar refractivity (Wildman–Crippen MR) is 55.7 cm³/mol. The van der Waals surface area contributed by atoms with Crippen molar-refractivity contribution in [3.05, 3.63) is 12.2 Å². The molecular formula is C12H15NO. The van der Waals surface area contributed by atoms with E-state index in [1.165, 1.54) is 12.8 Å². The SMILES string of the molecule is C#C/C=C\[C@@H]1CC(=O)[C@@H]2CCCCN12. The molecule has 2 rings (SSSR count). The van der Waals surface area contributed by atoms with Crippen LogP contribution in [0.5, 0.6) is 0 Å². The quantitative estimate of drug-likeness (QED) is 0.581. The van der Waals surface area contributed by atoms with E-state index in [9.17, 15) is 4.79 Å². The molecule has 74 valence electrons. The van der Waals surface area contributed by atoms with Gasteiger partial charge < -0.3 is 0 Å². The largest absolute Gasteiger partial charge is 0.298 e. The summed E-state index contributed by atoms with van der Waals surface area (Å²) in [5, 5.41) is 0. The third kappa shape index (κ3) is 1.60. The average molecular weight is 189 g/mol. The number of allylic oxidation sites excluding steroid dienone is 1. The molecule has 0 unspecified atom stereocenters. The van der Waals surface area contributed by atoms with E-state index >= 15 is 0 Å². The molecule has 2 aliphatic rings. The van der Waals surface area contributed by atoms with Gasteiger partial charge in [0.15, 0.2) is 5.78 Å². The van der Waals surface area contributed by atoms with Crippen molar-refractivity contribution in [1.82, 2.24) is 4.90 Å². The van der Waals surface area contributed by atoms with Gasteiger partial charge in [-0.2, -0.15) is 0 Å². The summed E-state index contributed by atoms with van der Waals surface area (Å²) in [6.07, 6.45) is 13.0. The zero-order valence-electron chi connectivity index (χ0n) is 8.28. The fraction of sp³-hybridized carbons (Fsp3) is 0.583. The zero-order chi connectivity index (χ0) is 9.97. The molecule has 0 saturated carbocycles. The Labute approximate surface area is 85.0 Å². The van der Waals surface area contributed by atoms with E-state index in [1.54, 1.807) is 6.08 Å². The van der Waals surface area contributed by atoms with Crippen molar-refractivity contribution in [3.8, 4) is 12.3 Å². The Morgan fingerprint density at radius 3 is 3.14 bits per heavy atom. The molecule has 2 heterocycles. The molecule has 14 heavy (non-hydrogen) atoms. The fourth-order valence-electron chi connectivity index (χ4n) is 2.50. The van der Waals surface area contributed by atoms with Crippen molar-refractivity contribution in [3.63, 3.8) is 0 Å². The normalized spacial score (nSPS) is 33.2. The first-order chi connectivity index (χ1) is 6.83. The van der Waals surface area contributed by atoms with Crippen LogP contribution in [0.1, 0.15) is 25.7 Å². The number of carbonyl (C=O) groups is 1. The molecule has 0 radical (unpaired) electrons. The molecule has 0 aromatic carbocycles. The first-order valence-corrected chi connectivity index (χ1v) is 5.24. The van der Waals surface area contributed by atoms with Gasteiger partial charge >= 0.3 is 0 Å². The van der Waals surface area contributed by atoms with E-state index in [2.05, 4.69) is 10.8 Å². The predicted octanol–water partition coefficient (Wildman–Crippen LogP) is 1.37. The number of ketones is 1.